The monoisotopic (exact) mass is 330 g/mol. The van der Waals surface area contributed by atoms with Gasteiger partial charge in [0.2, 0.25) is 0 Å². The van der Waals surface area contributed by atoms with Crippen LogP contribution in [0.3, 0.4) is 0 Å². The molecular formula is C20H24F2N2. The zero-order valence-electron chi connectivity index (χ0n) is 13.8. The molecule has 1 aliphatic heterocycles. The van der Waals surface area contributed by atoms with Gasteiger partial charge in [0.1, 0.15) is 11.6 Å². The smallest absolute Gasteiger partial charge is 0.129 e. The van der Waals surface area contributed by atoms with E-state index in [1.165, 1.54) is 11.6 Å². The van der Waals surface area contributed by atoms with Crippen LogP contribution in [0, 0.1) is 11.6 Å². The number of likely N-dealkylation sites (tertiary alicyclic amines) is 1. The predicted octanol–water partition coefficient (Wildman–Crippen LogP) is 4.06. The molecule has 0 amide bonds. The Bertz CT molecular complexity index is 660. The quantitative estimate of drug-likeness (QED) is 0.896. The van der Waals surface area contributed by atoms with Crippen LogP contribution < -0.4 is 5.73 Å². The van der Waals surface area contributed by atoms with Crippen molar-refractivity contribution >= 4 is 0 Å². The predicted molar refractivity (Wildman–Crippen MR) is 92.6 cm³/mol. The normalized spacial score (nSPS) is 20.0. The van der Waals surface area contributed by atoms with Gasteiger partial charge in [0.15, 0.2) is 0 Å². The van der Waals surface area contributed by atoms with Crippen LogP contribution in [0.25, 0.3) is 0 Å². The number of benzene rings is 2. The fourth-order valence-electron chi connectivity index (χ4n) is 3.78. The molecule has 2 aromatic rings. The Labute approximate surface area is 142 Å². The van der Waals surface area contributed by atoms with Crippen LogP contribution in [-0.2, 0) is 6.54 Å². The van der Waals surface area contributed by atoms with E-state index >= 15 is 0 Å². The third kappa shape index (κ3) is 3.82. The second-order valence-electron chi connectivity index (χ2n) is 6.53. The number of hydrogen-bond acceptors (Lipinski definition) is 2. The summed E-state index contributed by atoms with van der Waals surface area (Å²) >= 11 is 0. The highest BCUT2D eigenvalue weighted by atomic mass is 19.1. The summed E-state index contributed by atoms with van der Waals surface area (Å²) in [4.78, 5) is 2.40. The molecule has 0 saturated carbocycles. The molecule has 128 valence electrons. The second-order valence-corrected chi connectivity index (χ2v) is 6.53. The molecule has 24 heavy (non-hydrogen) atoms. The third-order valence-corrected chi connectivity index (χ3v) is 4.97. The van der Waals surface area contributed by atoms with Gasteiger partial charge in [-0.25, -0.2) is 8.78 Å². The average molecular weight is 330 g/mol. The first-order chi connectivity index (χ1) is 11.7. The molecule has 2 N–H and O–H groups in total. The highest BCUT2D eigenvalue weighted by molar-refractivity contribution is 5.25. The molecule has 1 heterocycles. The van der Waals surface area contributed by atoms with Crippen molar-refractivity contribution in [3.8, 4) is 0 Å². The van der Waals surface area contributed by atoms with Crippen molar-refractivity contribution in [1.29, 1.82) is 0 Å². The summed E-state index contributed by atoms with van der Waals surface area (Å²) in [6, 6.07) is 14.3. The summed E-state index contributed by atoms with van der Waals surface area (Å²) in [5, 5.41) is 0. The Hall–Kier alpha value is -1.78. The molecule has 3 rings (SSSR count). The minimum absolute atomic E-state index is 0.116. The van der Waals surface area contributed by atoms with E-state index in [9.17, 15) is 8.78 Å². The molecule has 0 aliphatic carbocycles. The van der Waals surface area contributed by atoms with Crippen molar-refractivity contribution in [2.45, 2.75) is 37.8 Å². The first kappa shape index (κ1) is 17.1. The van der Waals surface area contributed by atoms with Gasteiger partial charge in [-0.3, -0.25) is 4.90 Å². The van der Waals surface area contributed by atoms with Crippen LogP contribution in [0.2, 0.25) is 0 Å². The number of nitrogens with two attached hydrogens (primary N) is 1. The number of nitrogens with zero attached hydrogens (tertiary/aromatic N) is 1. The summed E-state index contributed by atoms with van der Waals surface area (Å²) in [5.41, 5.74) is 7.79. The van der Waals surface area contributed by atoms with Crippen molar-refractivity contribution < 1.29 is 8.78 Å². The molecule has 2 aromatic carbocycles. The fourth-order valence-corrected chi connectivity index (χ4v) is 3.78. The van der Waals surface area contributed by atoms with Crippen LogP contribution in [0.4, 0.5) is 8.78 Å². The van der Waals surface area contributed by atoms with E-state index in [4.69, 9.17) is 5.73 Å². The summed E-state index contributed by atoms with van der Waals surface area (Å²) in [6.07, 6.45) is 3.26. The fraction of sp³-hybridized carbons (Fsp3) is 0.400. The lowest BCUT2D eigenvalue weighted by Gasteiger charge is -2.40. The van der Waals surface area contributed by atoms with Crippen LogP contribution >= 0.6 is 0 Å². The molecule has 0 radical (unpaired) electrons. The molecule has 4 heteroatoms. The lowest BCUT2D eigenvalue weighted by atomic mass is 9.84. The number of halogens is 2. The standard InChI is InChI=1S/C20H24F2N2/c21-16-9-10-17(19(22)12-16)18(13-23)20-8-4-5-11-24(20)14-15-6-2-1-3-7-15/h1-3,6-7,9-10,12,18,20H,4-5,8,11,13-14,23H2. The molecule has 0 aromatic heterocycles. The molecule has 2 unspecified atom stereocenters. The molecule has 2 atom stereocenters. The first-order valence-corrected chi connectivity index (χ1v) is 8.62. The van der Waals surface area contributed by atoms with Gasteiger partial charge in [0, 0.05) is 31.1 Å². The van der Waals surface area contributed by atoms with Gasteiger partial charge in [-0.05, 0) is 36.6 Å². The number of rotatable bonds is 5. The Morgan fingerprint density at radius 3 is 2.58 bits per heavy atom. The van der Waals surface area contributed by atoms with Crippen LogP contribution in [0.5, 0.6) is 0 Å². The Morgan fingerprint density at radius 2 is 1.88 bits per heavy atom. The molecule has 0 spiro atoms. The van der Waals surface area contributed by atoms with E-state index in [1.54, 1.807) is 6.07 Å². The van der Waals surface area contributed by atoms with Crippen molar-refractivity contribution in [2.75, 3.05) is 13.1 Å². The van der Waals surface area contributed by atoms with E-state index in [0.717, 1.165) is 38.4 Å². The maximum atomic E-state index is 14.3. The van der Waals surface area contributed by atoms with E-state index in [-0.39, 0.29) is 12.0 Å². The van der Waals surface area contributed by atoms with E-state index < -0.39 is 11.6 Å². The summed E-state index contributed by atoms with van der Waals surface area (Å²) in [5.74, 6) is -1.15. The minimum Gasteiger partial charge on any atom is -0.330 e. The van der Waals surface area contributed by atoms with Crippen LogP contribution in [-0.4, -0.2) is 24.0 Å². The van der Waals surface area contributed by atoms with Crippen LogP contribution in [0.1, 0.15) is 36.3 Å². The largest absolute Gasteiger partial charge is 0.330 e. The van der Waals surface area contributed by atoms with E-state index in [1.807, 2.05) is 18.2 Å². The van der Waals surface area contributed by atoms with Crippen molar-refractivity contribution in [1.82, 2.24) is 4.90 Å². The Balaban J connectivity index is 1.84. The molecule has 1 fully saturated rings. The van der Waals surface area contributed by atoms with E-state index in [2.05, 4.69) is 17.0 Å². The van der Waals surface area contributed by atoms with Gasteiger partial charge in [0.25, 0.3) is 0 Å². The highest BCUT2D eigenvalue weighted by Gasteiger charge is 2.31. The zero-order valence-corrected chi connectivity index (χ0v) is 13.8. The third-order valence-electron chi connectivity index (χ3n) is 4.97. The molecule has 1 saturated heterocycles. The van der Waals surface area contributed by atoms with Crippen molar-refractivity contribution in [3.63, 3.8) is 0 Å². The van der Waals surface area contributed by atoms with Crippen LogP contribution in [0.15, 0.2) is 48.5 Å². The number of hydrogen-bond donors (Lipinski definition) is 1. The topological polar surface area (TPSA) is 29.3 Å². The Morgan fingerprint density at radius 1 is 1.08 bits per heavy atom. The first-order valence-electron chi connectivity index (χ1n) is 8.62. The second kappa shape index (κ2) is 7.86. The zero-order chi connectivity index (χ0) is 16.9. The maximum absolute atomic E-state index is 14.3. The van der Waals surface area contributed by atoms with Gasteiger partial charge in [-0.15, -0.1) is 0 Å². The minimum atomic E-state index is -0.545. The SMILES string of the molecule is NCC(c1ccc(F)cc1F)C1CCCCN1Cc1ccccc1. The molecular weight excluding hydrogens is 306 g/mol. The summed E-state index contributed by atoms with van der Waals surface area (Å²) in [6.45, 7) is 2.18. The van der Waals surface area contributed by atoms with Gasteiger partial charge in [0.05, 0.1) is 0 Å². The van der Waals surface area contributed by atoms with Crippen molar-refractivity contribution in [3.05, 3.63) is 71.3 Å². The average Bonchev–Trinajstić information content (AvgIpc) is 2.59. The molecule has 2 nitrogen and oxygen atoms in total. The van der Waals surface area contributed by atoms with Gasteiger partial charge < -0.3 is 5.73 Å². The highest BCUT2D eigenvalue weighted by Crippen LogP contribution is 2.32. The molecule has 0 bridgehead atoms. The van der Waals surface area contributed by atoms with Gasteiger partial charge >= 0.3 is 0 Å². The lowest BCUT2D eigenvalue weighted by molar-refractivity contribution is 0.118. The van der Waals surface area contributed by atoms with Gasteiger partial charge in [-0.1, -0.05) is 42.8 Å². The lowest BCUT2D eigenvalue weighted by Crippen LogP contribution is -2.45. The summed E-state index contributed by atoms with van der Waals surface area (Å²) in [7, 11) is 0. The molecule has 1 aliphatic rings. The van der Waals surface area contributed by atoms with E-state index in [0.29, 0.717) is 12.1 Å². The number of piperidine rings is 1. The maximum Gasteiger partial charge on any atom is 0.129 e. The Kier molecular flexibility index (Phi) is 5.59. The summed E-state index contributed by atoms with van der Waals surface area (Å²) < 4.78 is 27.5. The van der Waals surface area contributed by atoms with Gasteiger partial charge in [-0.2, -0.15) is 0 Å². The van der Waals surface area contributed by atoms with Crippen molar-refractivity contribution in [2.24, 2.45) is 5.73 Å².